The van der Waals surface area contributed by atoms with Crippen molar-refractivity contribution in [1.29, 1.82) is 0 Å². The van der Waals surface area contributed by atoms with E-state index in [9.17, 15) is 19.2 Å². The maximum absolute atomic E-state index is 13.3. The first-order chi connectivity index (χ1) is 16.6. The number of hydrogen-bond donors (Lipinski definition) is 3. The van der Waals surface area contributed by atoms with Crippen molar-refractivity contribution in [2.24, 2.45) is 17.8 Å². The van der Waals surface area contributed by atoms with Crippen LogP contribution in [0.3, 0.4) is 0 Å². The summed E-state index contributed by atoms with van der Waals surface area (Å²) in [5.41, 5.74) is 5.96. The average Bonchev–Trinajstić information content (AvgIpc) is 3.63. The number of aromatic amines is 1. The van der Waals surface area contributed by atoms with Crippen molar-refractivity contribution in [2.45, 2.75) is 66.0 Å². The van der Waals surface area contributed by atoms with Gasteiger partial charge >= 0.3 is 5.69 Å². The van der Waals surface area contributed by atoms with Gasteiger partial charge in [0.1, 0.15) is 5.82 Å². The van der Waals surface area contributed by atoms with E-state index in [0.717, 1.165) is 18.4 Å². The Morgan fingerprint density at radius 2 is 1.74 bits per heavy atom. The first kappa shape index (κ1) is 26.2. The van der Waals surface area contributed by atoms with Gasteiger partial charge in [-0.25, -0.2) is 4.79 Å². The Morgan fingerprint density at radius 1 is 1.09 bits per heavy atom. The van der Waals surface area contributed by atoms with Gasteiger partial charge in [-0.2, -0.15) is 0 Å². The van der Waals surface area contributed by atoms with Crippen molar-refractivity contribution in [2.75, 3.05) is 17.2 Å². The molecule has 190 valence electrons. The van der Waals surface area contributed by atoms with Gasteiger partial charge in [-0.1, -0.05) is 58.0 Å². The number of nitrogen functional groups attached to an aromatic ring is 1. The molecule has 9 nitrogen and oxygen atoms in total. The lowest BCUT2D eigenvalue weighted by atomic mass is 10.0. The molecule has 2 aromatic rings. The third-order valence-corrected chi connectivity index (χ3v) is 6.02. The van der Waals surface area contributed by atoms with Crippen molar-refractivity contribution in [3.8, 4) is 0 Å². The van der Waals surface area contributed by atoms with Crippen LogP contribution >= 0.6 is 0 Å². The van der Waals surface area contributed by atoms with Crippen molar-refractivity contribution >= 4 is 23.3 Å². The molecule has 1 aliphatic rings. The minimum atomic E-state index is -0.705. The molecule has 1 aliphatic carbocycles. The minimum absolute atomic E-state index is 0.00702. The second kappa shape index (κ2) is 11.4. The molecule has 1 atom stereocenters. The zero-order valence-corrected chi connectivity index (χ0v) is 21.0. The van der Waals surface area contributed by atoms with Gasteiger partial charge in [0.2, 0.25) is 11.8 Å². The second-order valence-electron chi connectivity index (χ2n) is 10.2. The first-order valence-electron chi connectivity index (χ1n) is 12.4. The van der Waals surface area contributed by atoms with Crippen molar-refractivity contribution in [3.63, 3.8) is 0 Å². The lowest BCUT2D eigenvalue weighted by Crippen LogP contribution is -2.43. The molecule has 0 bridgehead atoms. The van der Waals surface area contributed by atoms with Gasteiger partial charge in [-0.3, -0.25) is 23.9 Å². The quantitative estimate of drug-likeness (QED) is 0.452. The molecule has 35 heavy (non-hydrogen) atoms. The van der Waals surface area contributed by atoms with Gasteiger partial charge in [0.05, 0.1) is 6.04 Å². The summed E-state index contributed by atoms with van der Waals surface area (Å²) in [5, 5.41) is 3.08. The number of hydrogen-bond acceptors (Lipinski definition) is 5. The number of nitrogens with one attached hydrogen (secondary N) is 2. The predicted octanol–water partition coefficient (Wildman–Crippen LogP) is 2.81. The summed E-state index contributed by atoms with van der Waals surface area (Å²) in [6.07, 6.45) is 2.05. The molecular formula is C26H37N5O4. The van der Waals surface area contributed by atoms with Crippen molar-refractivity contribution < 1.29 is 9.59 Å². The number of nitrogens with two attached hydrogens (primary N) is 1. The van der Waals surface area contributed by atoms with Gasteiger partial charge in [-0.15, -0.1) is 0 Å². The SMILES string of the molecule is CC(C)CN(C(=O)CCC(=O)N[C@@H](c1ccccc1)C1CC1)c1c(N)n(CC(C)C)c(=O)[nH]c1=O. The number of amides is 2. The number of nitrogens with zero attached hydrogens (tertiary/aromatic N) is 2. The van der Waals surface area contributed by atoms with Gasteiger partial charge in [0, 0.05) is 25.9 Å². The van der Waals surface area contributed by atoms with E-state index in [1.54, 1.807) is 0 Å². The smallest absolute Gasteiger partial charge is 0.330 e. The molecule has 1 aromatic heterocycles. The molecule has 4 N–H and O–H groups in total. The van der Waals surface area contributed by atoms with Crippen LogP contribution in [-0.4, -0.2) is 27.9 Å². The third kappa shape index (κ3) is 6.83. The second-order valence-corrected chi connectivity index (χ2v) is 10.2. The van der Waals surface area contributed by atoms with E-state index in [1.807, 2.05) is 58.0 Å². The van der Waals surface area contributed by atoms with Crippen LogP contribution < -0.4 is 27.2 Å². The zero-order chi connectivity index (χ0) is 25.7. The van der Waals surface area contributed by atoms with E-state index in [4.69, 9.17) is 5.73 Å². The summed E-state index contributed by atoms with van der Waals surface area (Å²) < 4.78 is 1.29. The van der Waals surface area contributed by atoms with E-state index in [2.05, 4.69) is 10.3 Å². The molecule has 3 rings (SSSR count). The fourth-order valence-electron chi connectivity index (χ4n) is 4.23. The number of carbonyl (C=O) groups is 2. The average molecular weight is 484 g/mol. The van der Waals surface area contributed by atoms with Crippen LogP contribution in [0.25, 0.3) is 0 Å². The van der Waals surface area contributed by atoms with Gasteiger partial charge in [0.15, 0.2) is 5.69 Å². The normalized spacial score (nSPS) is 14.2. The van der Waals surface area contributed by atoms with Gasteiger partial charge < -0.3 is 16.0 Å². The van der Waals surface area contributed by atoms with Crippen LogP contribution in [0.4, 0.5) is 11.5 Å². The molecule has 1 aromatic carbocycles. The number of H-pyrrole nitrogens is 1. The zero-order valence-electron chi connectivity index (χ0n) is 21.0. The first-order valence-corrected chi connectivity index (χ1v) is 12.4. The van der Waals surface area contributed by atoms with Crippen LogP contribution in [-0.2, 0) is 16.1 Å². The van der Waals surface area contributed by atoms with E-state index in [-0.39, 0.29) is 60.6 Å². The molecule has 0 unspecified atom stereocenters. The minimum Gasteiger partial charge on any atom is -0.383 e. The highest BCUT2D eigenvalue weighted by Gasteiger charge is 2.33. The molecule has 0 radical (unpaired) electrons. The monoisotopic (exact) mass is 483 g/mol. The summed E-state index contributed by atoms with van der Waals surface area (Å²) in [7, 11) is 0. The van der Waals surface area contributed by atoms with E-state index in [1.165, 1.54) is 9.47 Å². The predicted molar refractivity (Wildman–Crippen MR) is 137 cm³/mol. The molecule has 9 heteroatoms. The summed E-state index contributed by atoms with van der Waals surface area (Å²) >= 11 is 0. The summed E-state index contributed by atoms with van der Waals surface area (Å²) in [6.45, 7) is 8.24. The van der Waals surface area contributed by atoms with Crippen LogP contribution in [0, 0.1) is 17.8 Å². The lowest BCUT2D eigenvalue weighted by Gasteiger charge is -2.26. The van der Waals surface area contributed by atoms with Crippen molar-refractivity contribution in [3.05, 3.63) is 56.7 Å². The molecule has 0 aliphatic heterocycles. The molecular weight excluding hydrogens is 446 g/mol. The van der Waals surface area contributed by atoms with E-state index in [0.29, 0.717) is 12.5 Å². The summed E-state index contributed by atoms with van der Waals surface area (Å²) in [5.74, 6) is -0.0810. The molecule has 0 saturated heterocycles. The highest BCUT2D eigenvalue weighted by molar-refractivity contribution is 5.97. The fraction of sp³-hybridized carbons (Fsp3) is 0.538. The third-order valence-electron chi connectivity index (χ3n) is 6.02. The van der Waals surface area contributed by atoms with Crippen molar-refractivity contribution in [1.82, 2.24) is 14.9 Å². The van der Waals surface area contributed by atoms with Crippen LogP contribution in [0.2, 0.25) is 0 Å². The highest BCUT2D eigenvalue weighted by Crippen LogP contribution is 2.41. The Balaban J connectivity index is 1.77. The topological polar surface area (TPSA) is 130 Å². The molecule has 1 saturated carbocycles. The number of benzene rings is 1. The Morgan fingerprint density at radius 3 is 2.31 bits per heavy atom. The molecule has 0 spiro atoms. The fourth-order valence-corrected chi connectivity index (χ4v) is 4.23. The number of aromatic nitrogens is 2. The Labute approximate surface area is 205 Å². The lowest BCUT2D eigenvalue weighted by molar-refractivity contribution is -0.125. The summed E-state index contributed by atoms with van der Waals surface area (Å²) in [4.78, 5) is 54.7. The number of rotatable bonds is 11. The Hall–Kier alpha value is -3.36. The van der Waals surface area contributed by atoms with E-state index >= 15 is 0 Å². The molecule has 1 fully saturated rings. The Bertz CT molecular complexity index is 1150. The highest BCUT2D eigenvalue weighted by atomic mass is 16.2. The molecule has 2 amide bonds. The standard InChI is InChI=1S/C26H37N5O4/c1-16(2)14-30(23-24(27)31(15-17(3)4)26(35)29-25(23)34)21(33)13-12-20(32)28-22(19-10-11-19)18-8-6-5-7-9-18/h5-9,16-17,19,22H,10-15,27H2,1-4H3,(H,28,32)(H,29,34,35)/t22-/m0/s1. The number of anilines is 2. The maximum atomic E-state index is 13.3. The van der Waals surface area contributed by atoms with Crippen LogP contribution in [0.5, 0.6) is 0 Å². The van der Waals surface area contributed by atoms with E-state index < -0.39 is 11.2 Å². The van der Waals surface area contributed by atoms with Crippen LogP contribution in [0.1, 0.15) is 65.0 Å². The van der Waals surface area contributed by atoms with Gasteiger partial charge in [-0.05, 0) is 36.2 Å². The van der Waals surface area contributed by atoms with Gasteiger partial charge in [0.25, 0.3) is 5.56 Å². The summed E-state index contributed by atoms with van der Waals surface area (Å²) in [6, 6.07) is 9.77. The Kier molecular flexibility index (Phi) is 8.53. The maximum Gasteiger partial charge on any atom is 0.330 e. The largest absolute Gasteiger partial charge is 0.383 e. The number of carbonyl (C=O) groups excluding carboxylic acids is 2. The molecule has 1 heterocycles. The van der Waals surface area contributed by atoms with Crippen LogP contribution in [0.15, 0.2) is 39.9 Å².